The zero-order valence-electron chi connectivity index (χ0n) is 18.1. The molecule has 0 atom stereocenters. The minimum atomic E-state index is -0.318. The van der Waals surface area contributed by atoms with Crippen LogP contribution in [0.2, 0.25) is 0 Å². The first kappa shape index (κ1) is 23.5. The molecule has 4 N–H and O–H groups in total. The number of carbonyl (C=O) groups excluding carboxylic acids is 2. The van der Waals surface area contributed by atoms with Gasteiger partial charge in [-0.15, -0.1) is 0 Å². The number of aromatic hydroxyl groups is 1. The van der Waals surface area contributed by atoms with Gasteiger partial charge in [-0.3, -0.25) is 19.5 Å². The summed E-state index contributed by atoms with van der Waals surface area (Å²) in [7, 11) is 0. The van der Waals surface area contributed by atoms with Crippen LogP contribution in [0, 0.1) is 0 Å². The summed E-state index contributed by atoms with van der Waals surface area (Å²) in [6.45, 7) is 11.0. The van der Waals surface area contributed by atoms with Gasteiger partial charge in [0.2, 0.25) is 5.91 Å². The van der Waals surface area contributed by atoms with Gasteiger partial charge in [-0.1, -0.05) is 12.1 Å². The molecule has 9 nitrogen and oxygen atoms in total. The van der Waals surface area contributed by atoms with Crippen molar-refractivity contribution in [2.45, 2.75) is 26.8 Å². The Morgan fingerprint density at radius 2 is 1.83 bits per heavy atom. The summed E-state index contributed by atoms with van der Waals surface area (Å²) in [5, 5.41) is 18.7. The van der Waals surface area contributed by atoms with Gasteiger partial charge in [0, 0.05) is 45.3 Å². The highest BCUT2D eigenvalue weighted by molar-refractivity contribution is 5.96. The van der Waals surface area contributed by atoms with E-state index in [0.29, 0.717) is 19.6 Å². The van der Waals surface area contributed by atoms with Gasteiger partial charge in [-0.25, -0.2) is 0 Å². The van der Waals surface area contributed by atoms with Gasteiger partial charge in [-0.2, -0.15) is 0 Å². The molecule has 0 saturated carbocycles. The molecule has 0 unspecified atom stereocenters. The van der Waals surface area contributed by atoms with E-state index in [-0.39, 0.29) is 29.2 Å². The SMILES string of the molecule is CCNC(=NCCNC(=O)c1ccccc1O)N1CCN(CC(=O)NC(C)C)CC1. The van der Waals surface area contributed by atoms with Crippen molar-refractivity contribution in [1.82, 2.24) is 25.8 Å². The summed E-state index contributed by atoms with van der Waals surface area (Å²) >= 11 is 0. The lowest BCUT2D eigenvalue weighted by Crippen LogP contribution is -2.54. The van der Waals surface area contributed by atoms with Crippen LogP contribution in [0.3, 0.4) is 0 Å². The second-order valence-electron chi connectivity index (χ2n) is 7.49. The number of phenols is 1. The Morgan fingerprint density at radius 3 is 2.47 bits per heavy atom. The summed E-state index contributed by atoms with van der Waals surface area (Å²) in [6.07, 6.45) is 0. The van der Waals surface area contributed by atoms with E-state index in [2.05, 4.69) is 30.7 Å². The molecule has 0 aromatic heterocycles. The number of phenolic OH excluding ortho intramolecular Hbond substituents is 1. The van der Waals surface area contributed by atoms with E-state index in [1.165, 1.54) is 6.07 Å². The lowest BCUT2D eigenvalue weighted by molar-refractivity contribution is -0.123. The molecule has 0 bridgehead atoms. The first-order valence-electron chi connectivity index (χ1n) is 10.5. The normalized spacial score (nSPS) is 15.2. The Bertz CT molecular complexity index is 729. The third-order valence-corrected chi connectivity index (χ3v) is 4.63. The highest BCUT2D eigenvalue weighted by atomic mass is 16.3. The molecule has 1 aliphatic heterocycles. The van der Waals surface area contributed by atoms with E-state index in [4.69, 9.17) is 0 Å². The smallest absolute Gasteiger partial charge is 0.255 e. The van der Waals surface area contributed by atoms with Crippen LogP contribution in [0.5, 0.6) is 5.75 Å². The quantitative estimate of drug-likeness (QED) is 0.273. The summed E-state index contributed by atoms with van der Waals surface area (Å²) < 4.78 is 0. The van der Waals surface area contributed by atoms with Crippen molar-refractivity contribution in [2.75, 3.05) is 52.4 Å². The molecule has 9 heteroatoms. The van der Waals surface area contributed by atoms with Crippen LogP contribution >= 0.6 is 0 Å². The average molecular weight is 419 g/mol. The molecule has 0 aliphatic carbocycles. The largest absolute Gasteiger partial charge is 0.507 e. The first-order valence-corrected chi connectivity index (χ1v) is 10.5. The molecule has 1 saturated heterocycles. The van der Waals surface area contributed by atoms with Gasteiger partial charge in [0.05, 0.1) is 18.7 Å². The Hall–Kier alpha value is -2.81. The predicted octanol–water partition coefficient (Wildman–Crippen LogP) is 0.230. The van der Waals surface area contributed by atoms with E-state index in [9.17, 15) is 14.7 Å². The number of nitrogens with one attached hydrogen (secondary N) is 3. The minimum absolute atomic E-state index is 0.0354. The lowest BCUT2D eigenvalue weighted by atomic mass is 10.2. The van der Waals surface area contributed by atoms with Gasteiger partial charge in [0.15, 0.2) is 5.96 Å². The highest BCUT2D eigenvalue weighted by Gasteiger charge is 2.21. The molecule has 1 aromatic carbocycles. The number of benzene rings is 1. The third-order valence-electron chi connectivity index (χ3n) is 4.63. The maximum absolute atomic E-state index is 12.1. The number of nitrogens with zero attached hydrogens (tertiary/aromatic N) is 3. The van der Waals surface area contributed by atoms with Crippen LogP contribution in [0.1, 0.15) is 31.1 Å². The molecule has 0 spiro atoms. The second-order valence-corrected chi connectivity index (χ2v) is 7.49. The molecule has 1 heterocycles. The van der Waals surface area contributed by atoms with E-state index in [1.54, 1.807) is 18.2 Å². The van der Waals surface area contributed by atoms with Crippen molar-refractivity contribution in [3.8, 4) is 5.75 Å². The first-order chi connectivity index (χ1) is 14.4. The standard InChI is InChI=1S/C21H34N6O3/c1-4-22-21(24-10-9-23-20(30)17-7-5-6-8-18(17)28)27-13-11-26(12-14-27)15-19(29)25-16(2)3/h5-8,16,28H,4,9-15H2,1-3H3,(H,22,24)(H,23,30)(H,25,29). The van der Waals surface area contributed by atoms with Crippen LogP contribution < -0.4 is 16.0 Å². The van der Waals surface area contributed by atoms with Crippen molar-refractivity contribution >= 4 is 17.8 Å². The highest BCUT2D eigenvalue weighted by Crippen LogP contribution is 2.14. The van der Waals surface area contributed by atoms with E-state index in [0.717, 1.165) is 38.7 Å². The fraction of sp³-hybridized carbons (Fsp3) is 0.571. The Labute approximate surface area is 178 Å². The Morgan fingerprint density at radius 1 is 1.13 bits per heavy atom. The lowest BCUT2D eigenvalue weighted by Gasteiger charge is -2.36. The Balaban J connectivity index is 1.80. The molecule has 30 heavy (non-hydrogen) atoms. The van der Waals surface area contributed by atoms with Gasteiger partial charge in [0.25, 0.3) is 5.91 Å². The number of guanidine groups is 1. The topological polar surface area (TPSA) is 109 Å². The molecule has 0 radical (unpaired) electrons. The van der Waals surface area contributed by atoms with Crippen molar-refractivity contribution in [3.63, 3.8) is 0 Å². The summed E-state index contributed by atoms with van der Waals surface area (Å²) in [4.78, 5) is 33.0. The van der Waals surface area contributed by atoms with E-state index in [1.807, 2.05) is 20.8 Å². The molecule has 1 aliphatic rings. The second kappa shape index (κ2) is 12.0. The number of piperazine rings is 1. The van der Waals surface area contributed by atoms with Crippen molar-refractivity contribution < 1.29 is 14.7 Å². The molecule has 166 valence electrons. The van der Waals surface area contributed by atoms with Crippen LogP contribution in [-0.2, 0) is 4.79 Å². The number of carbonyl (C=O) groups is 2. The fourth-order valence-corrected chi connectivity index (χ4v) is 3.21. The molecule has 2 rings (SSSR count). The van der Waals surface area contributed by atoms with Crippen LogP contribution in [-0.4, -0.2) is 91.1 Å². The number of aliphatic imine (C=N–C) groups is 1. The molecule has 1 fully saturated rings. The number of para-hydroxylation sites is 1. The molecule has 1 aromatic rings. The van der Waals surface area contributed by atoms with E-state index < -0.39 is 0 Å². The van der Waals surface area contributed by atoms with Gasteiger partial charge in [-0.05, 0) is 32.9 Å². The van der Waals surface area contributed by atoms with Crippen LogP contribution in [0.4, 0.5) is 0 Å². The average Bonchev–Trinajstić information content (AvgIpc) is 2.70. The maximum Gasteiger partial charge on any atom is 0.255 e. The van der Waals surface area contributed by atoms with Gasteiger partial charge < -0.3 is 26.0 Å². The number of rotatable bonds is 8. The van der Waals surface area contributed by atoms with Crippen LogP contribution in [0.15, 0.2) is 29.3 Å². The summed E-state index contributed by atoms with van der Waals surface area (Å²) in [5.74, 6) is 0.508. The van der Waals surface area contributed by atoms with Gasteiger partial charge in [0.1, 0.15) is 5.75 Å². The zero-order valence-corrected chi connectivity index (χ0v) is 18.1. The van der Waals surface area contributed by atoms with Crippen LogP contribution in [0.25, 0.3) is 0 Å². The predicted molar refractivity (Wildman–Crippen MR) is 118 cm³/mol. The third kappa shape index (κ3) is 7.55. The Kier molecular flexibility index (Phi) is 9.40. The monoisotopic (exact) mass is 418 g/mol. The maximum atomic E-state index is 12.1. The van der Waals surface area contributed by atoms with Crippen molar-refractivity contribution in [3.05, 3.63) is 29.8 Å². The number of amides is 2. The van der Waals surface area contributed by atoms with Crippen molar-refractivity contribution in [2.24, 2.45) is 4.99 Å². The number of hydrogen-bond acceptors (Lipinski definition) is 5. The van der Waals surface area contributed by atoms with Gasteiger partial charge >= 0.3 is 0 Å². The molecule has 2 amide bonds. The van der Waals surface area contributed by atoms with Crippen molar-refractivity contribution in [1.29, 1.82) is 0 Å². The number of hydrogen-bond donors (Lipinski definition) is 4. The fourth-order valence-electron chi connectivity index (χ4n) is 3.21. The zero-order chi connectivity index (χ0) is 21.9. The molecular formula is C21H34N6O3. The summed E-state index contributed by atoms with van der Waals surface area (Å²) in [5.41, 5.74) is 0.256. The molecular weight excluding hydrogens is 384 g/mol. The van der Waals surface area contributed by atoms with E-state index >= 15 is 0 Å². The minimum Gasteiger partial charge on any atom is -0.507 e. The summed E-state index contributed by atoms with van der Waals surface area (Å²) in [6, 6.07) is 6.61.